The van der Waals surface area contributed by atoms with Crippen LogP contribution in [-0.4, -0.2) is 31.7 Å². The summed E-state index contributed by atoms with van der Waals surface area (Å²) in [5.41, 5.74) is 0.562. The topological polar surface area (TPSA) is 59.6 Å². The Labute approximate surface area is 221 Å². The van der Waals surface area contributed by atoms with E-state index < -0.39 is 0 Å². The molecular formula is C31H54N2O3. The molecule has 1 amide bonds. The first-order valence-corrected chi connectivity index (χ1v) is 14.4. The van der Waals surface area contributed by atoms with E-state index in [1.807, 2.05) is 12.1 Å². The predicted octanol–water partition coefficient (Wildman–Crippen LogP) is 8.44. The van der Waals surface area contributed by atoms with Crippen molar-refractivity contribution >= 4 is 11.6 Å². The Hall–Kier alpha value is -2.01. The molecule has 5 heteroatoms. The molecule has 0 bridgehead atoms. The number of carbonyl (C=O) groups is 1. The summed E-state index contributed by atoms with van der Waals surface area (Å²) in [7, 11) is 1.61. The molecule has 0 saturated heterocycles. The number of allylic oxidation sites excluding steroid dienone is 2. The molecule has 1 rings (SSSR count). The maximum atomic E-state index is 11.3. The van der Waals surface area contributed by atoms with E-state index in [2.05, 4.69) is 43.6 Å². The summed E-state index contributed by atoms with van der Waals surface area (Å²) in [5, 5.41) is 6.39. The number of amides is 1. The zero-order valence-electron chi connectivity index (χ0n) is 23.9. The van der Waals surface area contributed by atoms with Gasteiger partial charge >= 0.3 is 0 Å². The molecule has 0 atom stereocenters. The van der Waals surface area contributed by atoms with Gasteiger partial charge in [0.1, 0.15) is 6.61 Å². The second-order valence-electron chi connectivity index (χ2n) is 10.6. The molecule has 0 aliphatic carbocycles. The molecule has 1 aromatic carbocycles. The third-order valence-corrected chi connectivity index (χ3v) is 6.36. The zero-order valence-corrected chi connectivity index (χ0v) is 23.9. The van der Waals surface area contributed by atoms with Crippen molar-refractivity contribution in [2.45, 2.75) is 123 Å². The quantitative estimate of drug-likeness (QED) is 0.123. The highest BCUT2D eigenvalue weighted by atomic mass is 16.5. The van der Waals surface area contributed by atoms with Gasteiger partial charge in [-0.15, -0.1) is 0 Å². The van der Waals surface area contributed by atoms with E-state index in [1.54, 1.807) is 13.2 Å². The van der Waals surface area contributed by atoms with Gasteiger partial charge in [0, 0.05) is 24.2 Å². The van der Waals surface area contributed by atoms with Crippen LogP contribution >= 0.6 is 0 Å². The van der Waals surface area contributed by atoms with E-state index in [0.29, 0.717) is 23.8 Å². The van der Waals surface area contributed by atoms with Gasteiger partial charge in [0.15, 0.2) is 11.5 Å². The highest BCUT2D eigenvalue weighted by Gasteiger charge is 2.19. The summed E-state index contributed by atoms with van der Waals surface area (Å²) < 4.78 is 11.5. The Balaban J connectivity index is 2.06. The Bertz CT molecular complexity index is 731. The van der Waals surface area contributed by atoms with Crippen LogP contribution in [0.25, 0.3) is 0 Å². The summed E-state index contributed by atoms with van der Waals surface area (Å²) in [6.45, 7) is 9.61. The molecule has 36 heavy (non-hydrogen) atoms. The summed E-state index contributed by atoms with van der Waals surface area (Å²) in [6, 6.07) is 5.45. The first-order valence-electron chi connectivity index (χ1n) is 14.4. The third kappa shape index (κ3) is 16.6. The minimum Gasteiger partial charge on any atom is -0.493 e. The normalized spacial score (nSPS) is 11.7. The molecular weight excluding hydrogens is 448 g/mol. The summed E-state index contributed by atoms with van der Waals surface area (Å²) >= 11 is 0. The largest absolute Gasteiger partial charge is 0.493 e. The smallest absolute Gasteiger partial charge is 0.221 e. The average molecular weight is 503 g/mol. The molecule has 0 fully saturated rings. The SMILES string of the molecule is CCCCCCCCC=CCCCCCCCCNC(C)(C)COc1ccc(NC(C)=O)cc1OC. The van der Waals surface area contributed by atoms with E-state index in [1.165, 1.54) is 96.8 Å². The maximum absolute atomic E-state index is 11.3. The second-order valence-corrected chi connectivity index (χ2v) is 10.6. The molecule has 0 unspecified atom stereocenters. The minimum absolute atomic E-state index is 0.109. The number of hydrogen-bond donors (Lipinski definition) is 2. The van der Waals surface area contributed by atoms with Crippen molar-refractivity contribution in [3.63, 3.8) is 0 Å². The van der Waals surface area contributed by atoms with Crippen LogP contribution in [0, 0.1) is 0 Å². The molecule has 0 saturated carbocycles. The lowest BCUT2D eigenvalue weighted by molar-refractivity contribution is -0.114. The molecule has 0 spiro atoms. The number of hydrogen-bond acceptors (Lipinski definition) is 4. The van der Waals surface area contributed by atoms with Gasteiger partial charge in [-0.3, -0.25) is 4.79 Å². The molecule has 0 heterocycles. The molecule has 1 aromatic rings. The van der Waals surface area contributed by atoms with Crippen molar-refractivity contribution in [3.8, 4) is 11.5 Å². The van der Waals surface area contributed by atoms with E-state index in [-0.39, 0.29) is 11.4 Å². The molecule has 0 aromatic heterocycles. The zero-order chi connectivity index (χ0) is 26.5. The predicted molar refractivity (Wildman–Crippen MR) is 154 cm³/mol. The lowest BCUT2D eigenvalue weighted by Gasteiger charge is -2.27. The van der Waals surface area contributed by atoms with E-state index in [4.69, 9.17) is 9.47 Å². The summed E-state index contributed by atoms with van der Waals surface area (Å²) in [6.07, 6.45) is 23.4. The fraction of sp³-hybridized carbons (Fsp3) is 0.710. The Kier molecular flexibility index (Phi) is 17.9. The van der Waals surface area contributed by atoms with Gasteiger partial charge in [-0.05, 0) is 64.6 Å². The van der Waals surface area contributed by atoms with Gasteiger partial charge in [0.2, 0.25) is 5.91 Å². The van der Waals surface area contributed by atoms with Crippen molar-refractivity contribution in [3.05, 3.63) is 30.4 Å². The van der Waals surface area contributed by atoms with E-state index in [0.717, 1.165) is 6.54 Å². The van der Waals surface area contributed by atoms with E-state index in [9.17, 15) is 4.79 Å². The van der Waals surface area contributed by atoms with Gasteiger partial charge in [-0.2, -0.15) is 0 Å². The molecule has 0 aliphatic rings. The number of unbranched alkanes of at least 4 members (excludes halogenated alkanes) is 12. The highest BCUT2D eigenvalue weighted by Crippen LogP contribution is 2.30. The molecule has 0 aliphatic heterocycles. The number of rotatable bonds is 22. The number of carbonyl (C=O) groups excluding carboxylic acids is 1. The van der Waals surface area contributed by atoms with Gasteiger partial charge in [0.05, 0.1) is 7.11 Å². The standard InChI is InChI=1S/C31H54N2O3/c1-6-7-8-9-10-11-12-13-14-15-16-17-18-19-20-21-24-32-31(3,4)26-36-29-23-22-28(33-27(2)34)25-30(29)35-5/h13-14,22-23,25,32H,6-12,15-21,24,26H2,1-5H3,(H,33,34). The van der Waals surface area contributed by atoms with Crippen molar-refractivity contribution in [1.82, 2.24) is 5.32 Å². The fourth-order valence-corrected chi connectivity index (χ4v) is 4.18. The van der Waals surface area contributed by atoms with Crippen molar-refractivity contribution in [1.29, 1.82) is 0 Å². The minimum atomic E-state index is -0.136. The average Bonchev–Trinajstić information content (AvgIpc) is 2.84. The van der Waals surface area contributed by atoms with Crippen molar-refractivity contribution in [2.75, 3.05) is 25.6 Å². The fourth-order valence-electron chi connectivity index (χ4n) is 4.18. The number of benzene rings is 1. The van der Waals surface area contributed by atoms with Gasteiger partial charge in [0.25, 0.3) is 0 Å². The molecule has 0 radical (unpaired) electrons. The van der Waals surface area contributed by atoms with Crippen LogP contribution in [0.4, 0.5) is 5.69 Å². The summed E-state index contributed by atoms with van der Waals surface area (Å²) in [5.74, 6) is 1.19. The van der Waals surface area contributed by atoms with Crippen LogP contribution in [0.2, 0.25) is 0 Å². The highest BCUT2D eigenvalue weighted by molar-refractivity contribution is 5.89. The number of nitrogens with one attached hydrogen (secondary N) is 2. The Morgan fingerprint density at radius 1 is 0.861 bits per heavy atom. The van der Waals surface area contributed by atoms with E-state index >= 15 is 0 Å². The van der Waals surface area contributed by atoms with Crippen molar-refractivity contribution in [2.24, 2.45) is 0 Å². The molecule has 206 valence electrons. The van der Waals surface area contributed by atoms with Crippen LogP contribution in [0.5, 0.6) is 11.5 Å². The lowest BCUT2D eigenvalue weighted by atomic mass is 10.1. The maximum Gasteiger partial charge on any atom is 0.221 e. The van der Waals surface area contributed by atoms with Crippen LogP contribution in [0.3, 0.4) is 0 Å². The number of methoxy groups -OCH3 is 1. The van der Waals surface area contributed by atoms with Crippen molar-refractivity contribution < 1.29 is 14.3 Å². The first kappa shape index (κ1) is 32.0. The molecule has 2 N–H and O–H groups in total. The van der Waals surface area contributed by atoms with Crippen LogP contribution in [-0.2, 0) is 4.79 Å². The van der Waals surface area contributed by atoms with Crippen LogP contribution in [0.15, 0.2) is 30.4 Å². The second kappa shape index (κ2) is 20.1. The van der Waals surface area contributed by atoms with Crippen LogP contribution in [0.1, 0.15) is 118 Å². The first-order chi connectivity index (χ1) is 17.4. The monoisotopic (exact) mass is 502 g/mol. The molecule has 5 nitrogen and oxygen atoms in total. The third-order valence-electron chi connectivity index (χ3n) is 6.36. The van der Waals surface area contributed by atoms with Gasteiger partial charge in [-0.25, -0.2) is 0 Å². The van der Waals surface area contributed by atoms with Gasteiger partial charge in [-0.1, -0.05) is 76.9 Å². The Morgan fingerprint density at radius 3 is 2.03 bits per heavy atom. The summed E-state index contributed by atoms with van der Waals surface area (Å²) in [4.78, 5) is 11.3. The Morgan fingerprint density at radius 2 is 1.44 bits per heavy atom. The van der Waals surface area contributed by atoms with Gasteiger partial charge < -0.3 is 20.1 Å². The lowest BCUT2D eigenvalue weighted by Crippen LogP contribution is -2.45. The number of ether oxygens (including phenoxy) is 2. The number of anilines is 1. The van der Waals surface area contributed by atoms with Crippen LogP contribution < -0.4 is 20.1 Å².